The maximum Gasteiger partial charge on any atom is 0.151 e. The molecule has 0 aromatic heterocycles. The van der Waals surface area contributed by atoms with Crippen LogP contribution in [0.3, 0.4) is 0 Å². The molecular formula is C10H12INO2. The topological polar surface area (TPSA) is 44.5 Å². The molecule has 0 unspecified atom stereocenters. The summed E-state index contributed by atoms with van der Waals surface area (Å²) in [6.45, 7) is 5.06. The molecule has 2 rings (SSSR count). The third-order valence-electron chi connectivity index (χ3n) is 2.43. The van der Waals surface area contributed by atoms with Crippen molar-refractivity contribution >= 4 is 22.6 Å². The van der Waals surface area contributed by atoms with Crippen LogP contribution in [-0.2, 0) is 5.41 Å². The average molecular weight is 305 g/mol. The van der Waals surface area contributed by atoms with E-state index in [9.17, 15) is 0 Å². The highest BCUT2D eigenvalue weighted by molar-refractivity contribution is 14.1. The Labute approximate surface area is 96.7 Å². The van der Waals surface area contributed by atoms with Crippen LogP contribution < -0.4 is 15.5 Å². The highest BCUT2D eigenvalue weighted by Gasteiger charge is 2.34. The van der Waals surface area contributed by atoms with Gasteiger partial charge in [0.25, 0.3) is 0 Å². The van der Waals surface area contributed by atoms with Gasteiger partial charge in [-0.15, -0.1) is 0 Å². The molecule has 14 heavy (non-hydrogen) atoms. The average Bonchev–Trinajstić information content (AvgIpc) is 2.42. The van der Waals surface area contributed by atoms with Gasteiger partial charge in [0, 0.05) is 20.6 Å². The Morgan fingerprint density at radius 1 is 1.50 bits per heavy atom. The number of fused-ring (bicyclic) bond motifs is 1. The molecule has 4 heteroatoms. The molecule has 2 N–H and O–H groups in total. The lowest BCUT2D eigenvalue weighted by Crippen LogP contribution is -2.19. The Kier molecular flexibility index (Phi) is 2.35. The molecule has 0 spiro atoms. The molecule has 0 amide bonds. The van der Waals surface area contributed by atoms with Crippen LogP contribution in [0.15, 0.2) is 12.1 Å². The largest absolute Gasteiger partial charge is 0.492 e. The van der Waals surface area contributed by atoms with E-state index in [1.165, 1.54) is 5.56 Å². The maximum absolute atomic E-state index is 5.60. The number of hydrogen-bond acceptors (Lipinski definition) is 3. The van der Waals surface area contributed by atoms with Crippen LogP contribution in [0.4, 0.5) is 0 Å². The third kappa shape index (κ3) is 1.46. The molecule has 0 radical (unpaired) electrons. The third-order valence-corrected chi connectivity index (χ3v) is 3.28. The van der Waals surface area contributed by atoms with Gasteiger partial charge in [-0.25, -0.2) is 0 Å². The molecule has 0 aliphatic carbocycles. The van der Waals surface area contributed by atoms with Crippen molar-refractivity contribution in [2.24, 2.45) is 5.90 Å². The van der Waals surface area contributed by atoms with Crippen molar-refractivity contribution in [3.63, 3.8) is 0 Å². The minimum Gasteiger partial charge on any atom is -0.492 e. The van der Waals surface area contributed by atoms with Crippen LogP contribution in [0.25, 0.3) is 0 Å². The van der Waals surface area contributed by atoms with Crippen LogP contribution in [0, 0.1) is 3.57 Å². The molecule has 1 aliphatic heterocycles. The minimum atomic E-state index is 0.0823. The molecule has 1 aromatic rings. The van der Waals surface area contributed by atoms with Crippen molar-refractivity contribution in [3.05, 3.63) is 21.3 Å². The zero-order chi connectivity index (χ0) is 10.3. The Morgan fingerprint density at radius 3 is 2.86 bits per heavy atom. The molecule has 3 nitrogen and oxygen atoms in total. The fourth-order valence-corrected chi connectivity index (χ4v) is 3.03. The Hall–Kier alpha value is -0.490. The summed E-state index contributed by atoms with van der Waals surface area (Å²) in [5.41, 5.74) is 1.33. The lowest BCUT2D eigenvalue weighted by atomic mass is 9.87. The summed E-state index contributed by atoms with van der Waals surface area (Å²) in [5, 5.41) is 0. The van der Waals surface area contributed by atoms with E-state index >= 15 is 0 Å². The smallest absolute Gasteiger partial charge is 0.151 e. The van der Waals surface area contributed by atoms with Crippen LogP contribution in [-0.4, -0.2) is 6.61 Å². The number of halogens is 1. The molecule has 76 valence electrons. The number of rotatable bonds is 1. The second kappa shape index (κ2) is 3.27. The van der Waals surface area contributed by atoms with Gasteiger partial charge in [-0.05, 0) is 28.7 Å². The van der Waals surface area contributed by atoms with Crippen LogP contribution in [0.5, 0.6) is 11.5 Å². The first-order chi connectivity index (χ1) is 6.54. The van der Waals surface area contributed by atoms with E-state index in [2.05, 4.69) is 36.4 Å². The lowest BCUT2D eigenvalue weighted by Gasteiger charge is -2.16. The predicted octanol–water partition coefficient (Wildman–Crippen LogP) is 2.21. The molecule has 0 atom stereocenters. The van der Waals surface area contributed by atoms with Crippen molar-refractivity contribution < 1.29 is 9.57 Å². The molecule has 0 bridgehead atoms. The van der Waals surface area contributed by atoms with E-state index in [4.69, 9.17) is 15.5 Å². The van der Waals surface area contributed by atoms with Gasteiger partial charge < -0.3 is 9.57 Å². The Morgan fingerprint density at radius 2 is 2.21 bits per heavy atom. The Bertz CT molecular complexity index is 377. The van der Waals surface area contributed by atoms with E-state index in [0.717, 1.165) is 9.32 Å². The van der Waals surface area contributed by atoms with Gasteiger partial charge in [0.1, 0.15) is 5.75 Å². The highest BCUT2D eigenvalue weighted by Crippen LogP contribution is 2.43. The van der Waals surface area contributed by atoms with Crippen molar-refractivity contribution in [1.29, 1.82) is 0 Å². The Balaban J connectivity index is 2.58. The molecule has 1 aromatic carbocycles. The standard InChI is InChI=1S/C10H12INO2/c1-10(2)5-13-8-4-6(14-12)3-7(11)9(8)10/h3-4H,5,12H2,1-2H3. The van der Waals surface area contributed by atoms with Gasteiger partial charge in [-0.1, -0.05) is 13.8 Å². The zero-order valence-corrected chi connectivity index (χ0v) is 10.3. The van der Waals surface area contributed by atoms with E-state index in [1.807, 2.05) is 12.1 Å². The van der Waals surface area contributed by atoms with Crippen molar-refractivity contribution in [1.82, 2.24) is 0 Å². The fourth-order valence-electron chi connectivity index (χ4n) is 1.73. The fraction of sp³-hybridized carbons (Fsp3) is 0.400. The maximum atomic E-state index is 5.60. The van der Waals surface area contributed by atoms with Gasteiger partial charge in [0.2, 0.25) is 0 Å². The molecular weight excluding hydrogens is 293 g/mol. The van der Waals surface area contributed by atoms with E-state index < -0.39 is 0 Å². The quantitative estimate of drug-likeness (QED) is 0.639. The summed E-state index contributed by atoms with van der Waals surface area (Å²) >= 11 is 2.28. The predicted molar refractivity (Wildman–Crippen MR) is 62.5 cm³/mol. The molecule has 1 heterocycles. The van der Waals surface area contributed by atoms with Crippen LogP contribution in [0.1, 0.15) is 19.4 Å². The van der Waals surface area contributed by atoms with Crippen molar-refractivity contribution in [2.75, 3.05) is 6.61 Å². The second-order valence-corrected chi connectivity index (χ2v) is 5.23. The lowest BCUT2D eigenvalue weighted by molar-refractivity contribution is 0.288. The van der Waals surface area contributed by atoms with Crippen molar-refractivity contribution in [3.8, 4) is 11.5 Å². The monoisotopic (exact) mass is 305 g/mol. The minimum absolute atomic E-state index is 0.0823. The highest BCUT2D eigenvalue weighted by atomic mass is 127. The van der Waals surface area contributed by atoms with E-state index in [0.29, 0.717) is 12.4 Å². The first-order valence-corrected chi connectivity index (χ1v) is 5.46. The number of nitrogens with two attached hydrogens (primary N) is 1. The number of benzene rings is 1. The second-order valence-electron chi connectivity index (χ2n) is 4.07. The summed E-state index contributed by atoms with van der Waals surface area (Å²) in [4.78, 5) is 4.70. The summed E-state index contributed by atoms with van der Waals surface area (Å²) in [6.07, 6.45) is 0. The first-order valence-electron chi connectivity index (χ1n) is 4.38. The summed E-state index contributed by atoms with van der Waals surface area (Å²) in [6, 6.07) is 3.77. The number of ether oxygens (including phenoxy) is 1. The van der Waals surface area contributed by atoms with Gasteiger partial charge in [-0.3, -0.25) is 0 Å². The summed E-state index contributed by atoms with van der Waals surface area (Å²) in [7, 11) is 0. The molecule has 0 saturated heterocycles. The number of hydrogen-bond donors (Lipinski definition) is 1. The molecule has 0 saturated carbocycles. The first kappa shape index (κ1) is 10.0. The van der Waals surface area contributed by atoms with Gasteiger partial charge in [0.05, 0.1) is 6.61 Å². The van der Waals surface area contributed by atoms with Gasteiger partial charge in [-0.2, -0.15) is 5.90 Å². The van der Waals surface area contributed by atoms with E-state index in [1.54, 1.807) is 0 Å². The van der Waals surface area contributed by atoms with E-state index in [-0.39, 0.29) is 5.41 Å². The molecule has 0 fully saturated rings. The van der Waals surface area contributed by atoms with Crippen LogP contribution in [0.2, 0.25) is 0 Å². The SMILES string of the molecule is CC1(C)COc2cc(ON)cc(I)c21. The normalized spacial score (nSPS) is 17.4. The van der Waals surface area contributed by atoms with Crippen molar-refractivity contribution in [2.45, 2.75) is 19.3 Å². The van der Waals surface area contributed by atoms with Gasteiger partial charge >= 0.3 is 0 Å². The molecule has 1 aliphatic rings. The summed E-state index contributed by atoms with van der Waals surface area (Å²) < 4.78 is 6.74. The van der Waals surface area contributed by atoms with Gasteiger partial charge in [0.15, 0.2) is 5.75 Å². The zero-order valence-electron chi connectivity index (χ0n) is 8.13. The van der Waals surface area contributed by atoms with Crippen LogP contribution >= 0.6 is 22.6 Å². The summed E-state index contributed by atoms with van der Waals surface area (Å²) in [5.74, 6) is 6.66.